The van der Waals surface area contributed by atoms with Crippen molar-refractivity contribution < 1.29 is 19.3 Å². The monoisotopic (exact) mass is 472 g/mol. The molecule has 0 bridgehead atoms. The SMILES string of the molecule is Cc1c(C(=O)N2CCN(CCN3C(=O)c4cccc5cccc(c45)C3=O)CC2)cccc1[N+](=O)[O-]. The fourth-order valence-electron chi connectivity index (χ4n) is 4.92. The van der Waals surface area contributed by atoms with Crippen molar-refractivity contribution in [1.82, 2.24) is 14.7 Å². The number of nitro groups is 1. The maximum atomic E-state index is 13.1. The van der Waals surface area contributed by atoms with Crippen LogP contribution in [-0.4, -0.2) is 76.6 Å². The maximum absolute atomic E-state index is 13.1. The molecule has 0 atom stereocenters. The van der Waals surface area contributed by atoms with E-state index in [-0.39, 0.29) is 30.0 Å². The molecule has 35 heavy (non-hydrogen) atoms. The van der Waals surface area contributed by atoms with Crippen LogP contribution < -0.4 is 0 Å². The van der Waals surface area contributed by atoms with E-state index in [1.165, 1.54) is 17.0 Å². The van der Waals surface area contributed by atoms with Crippen LogP contribution in [0, 0.1) is 17.0 Å². The Balaban J connectivity index is 1.22. The number of nitro benzene ring substituents is 1. The first kappa shape index (κ1) is 22.7. The number of benzene rings is 3. The molecule has 0 unspecified atom stereocenters. The van der Waals surface area contributed by atoms with E-state index in [0.29, 0.717) is 60.4 Å². The lowest BCUT2D eigenvalue weighted by molar-refractivity contribution is -0.385. The van der Waals surface area contributed by atoms with E-state index >= 15 is 0 Å². The summed E-state index contributed by atoms with van der Waals surface area (Å²) in [4.78, 5) is 55.0. The lowest BCUT2D eigenvalue weighted by Crippen LogP contribution is -2.51. The van der Waals surface area contributed by atoms with Crippen LogP contribution in [0.5, 0.6) is 0 Å². The Morgan fingerprint density at radius 3 is 2.09 bits per heavy atom. The van der Waals surface area contributed by atoms with Gasteiger partial charge in [-0.05, 0) is 30.5 Å². The summed E-state index contributed by atoms with van der Waals surface area (Å²) in [5, 5.41) is 12.8. The van der Waals surface area contributed by atoms with Crippen LogP contribution in [0.15, 0.2) is 54.6 Å². The highest BCUT2D eigenvalue weighted by molar-refractivity contribution is 6.25. The van der Waals surface area contributed by atoms with E-state index in [2.05, 4.69) is 4.90 Å². The molecule has 178 valence electrons. The van der Waals surface area contributed by atoms with Gasteiger partial charge in [-0.3, -0.25) is 34.3 Å². The van der Waals surface area contributed by atoms with E-state index < -0.39 is 4.92 Å². The smallest absolute Gasteiger partial charge is 0.273 e. The number of carbonyl (C=O) groups is 3. The average Bonchev–Trinajstić information content (AvgIpc) is 2.87. The van der Waals surface area contributed by atoms with Gasteiger partial charge < -0.3 is 4.90 Å². The first-order valence-electron chi connectivity index (χ1n) is 11.5. The highest BCUT2D eigenvalue weighted by Crippen LogP contribution is 2.30. The first-order valence-corrected chi connectivity index (χ1v) is 11.5. The molecule has 3 amide bonds. The molecule has 0 spiro atoms. The molecule has 3 aromatic carbocycles. The largest absolute Gasteiger partial charge is 0.336 e. The number of hydrogen-bond acceptors (Lipinski definition) is 6. The van der Waals surface area contributed by atoms with E-state index in [1.807, 2.05) is 24.3 Å². The van der Waals surface area contributed by atoms with Crippen LogP contribution in [0.25, 0.3) is 10.8 Å². The molecule has 5 rings (SSSR count). The minimum Gasteiger partial charge on any atom is -0.336 e. The summed E-state index contributed by atoms with van der Waals surface area (Å²) in [5.74, 6) is -0.791. The highest BCUT2D eigenvalue weighted by atomic mass is 16.6. The Morgan fingerprint density at radius 2 is 1.49 bits per heavy atom. The molecule has 9 nitrogen and oxygen atoms in total. The zero-order valence-corrected chi connectivity index (χ0v) is 19.3. The molecule has 0 aromatic heterocycles. The fraction of sp³-hybridized carbons (Fsp3) is 0.269. The molecule has 1 saturated heterocycles. The molecule has 0 aliphatic carbocycles. The first-order chi connectivity index (χ1) is 16.9. The lowest BCUT2D eigenvalue weighted by Gasteiger charge is -2.36. The fourth-order valence-corrected chi connectivity index (χ4v) is 4.92. The predicted molar refractivity (Wildman–Crippen MR) is 129 cm³/mol. The Morgan fingerprint density at radius 1 is 0.886 bits per heavy atom. The molecule has 0 saturated carbocycles. The third-order valence-electron chi connectivity index (χ3n) is 6.89. The topological polar surface area (TPSA) is 104 Å². The van der Waals surface area contributed by atoms with Gasteiger partial charge in [0.2, 0.25) is 0 Å². The summed E-state index contributed by atoms with van der Waals surface area (Å²) in [5.41, 5.74) is 1.72. The highest BCUT2D eigenvalue weighted by Gasteiger charge is 2.33. The molecule has 0 radical (unpaired) electrons. The number of amides is 3. The summed E-state index contributed by atoms with van der Waals surface area (Å²) < 4.78 is 0. The van der Waals surface area contributed by atoms with Gasteiger partial charge in [-0.15, -0.1) is 0 Å². The number of carbonyl (C=O) groups excluding carboxylic acids is 3. The Hall–Kier alpha value is -4.11. The van der Waals surface area contributed by atoms with Crippen molar-refractivity contribution in [2.45, 2.75) is 6.92 Å². The summed E-state index contributed by atoms with van der Waals surface area (Å²) >= 11 is 0. The van der Waals surface area contributed by atoms with Crippen LogP contribution in [0.2, 0.25) is 0 Å². The van der Waals surface area contributed by atoms with Crippen molar-refractivity contribution in [3.05, 3.63) is 87.0 Å². The van der Waals surface area contributed by atoms with Gasteiger partial charge in [-0.25, -0.2) is 0 Å². The van der Waals surface area contributed by atoms with Crippen LogP contribution in [-0.2, 0) is 0 Å². The molecule has 2 aliphatic rings. The number of hydrogen-bond donors (Lipinski definition) is 0. The normalized spacial score (nSPS) is 16.1. The molecular formula is C26H24N4O5. The second-order valence-electron chi connectivity index (χ2n) is 8.81. The quantitative estimate of drug-likeness (QED) is 0.321. The van der Waals surface area contributed by atoms with Crippen LogP contribution in [0.3, 0.4) is 0 Å². The van der Waals surface area contributed by atoms with Gasteiger partial charge in [0.15, 0.2) is 0 Å². The number of nitrogens with zero attached hydrogens (tertiary/aromatic N) is 4. The van der Waals surface area contributed by atoms with Crippen molar-refractivity contribution in [2.75, 3.05) is 39.3 Å². The van der Waals surface area contributed by atoms with Gasteiger partial charge in [-0.1, -0.05) is 30.3 Å². The van der Waals surface area contributed by atoms with Crippen LogP contribution >= 0.6 is 0 Å². The number of rotatable bonds is 5. The zero-order chi connectivity index (χ0) is 24.7. The number of piperazine rings is 1. The van der Waals surface area contributed by atoms with Crippen molar-refractivity contribution in [3.8, 4) is 0 Å². The molecule has 3 aromatic rings. The third-order valence-corrected chi connectivity index (χ3v) is 6.89. The predicted octanol–water partition coefficient (Wildman–Crippen LogP) is 3.11. The summed E-state index contributed by atoms with van der Waals surface area (Å²) in [6.07, 6.45) is 0. The molecule has 2 heterocycles. The second-order valence-corrected chi connectivity index (χ2v) is 8.81. The minimum atomic E-state index is -0.480. The molecular weight excluding hydrogens is 448 g/mol. The third kappa shape index (κ3) is 3.93. The molecule has 0 N–H and O–H groups in total. The van der Waals surface area contributed by atoms with E-state index in [0.717, 1.165) is 5.39 Å². The summed E-state index contributed by atoms with van der Waals surface area (Å²) in [6.45, 7) is 4.46. The Labute approximate surface area is 201 Å². The summed E-state index contributed by atoms with van der Waals surface area (Å²) in [7, 11) is 0. The van der Waals surface area contributed by atoms with Gasteiger partial charge in [0.1, 0.15) is 0 Å². The van der Waals surface area contributed by atoms with E-state index in [1.54, 1.807) is 30.0 Å². The Bertz CT molecular complexity index is 1330. The van der Waals surface area contributed by atoms with Gasteiger partial charge >= 0.3 is 0 Å². The average molecular weight is 473 g/mol. The second kappa shape index (κ2) is 8.92. The van der Waals surface area contributed by atoms with Gasteiger partial charge in [0, 0.05) is 73.0 Å². The van der Waals surface area contributed by atoms with Crippen LogP contribution in [0.1, 0.15) is 36.6 Å². The van der Waals surface area contributed by atoms with E-state index in [9.17, 15) is 24.5 Å². The maximum Gasteiger partial charge on any atom is 0.273 e. The summed E-state index contributed by atoms with van der Waals surface area (Å²) in [6, 6.07) is 15.5. The standard InChI is InChI=1S/C26H24N4O5/c1-17-19(7-4-10-22(17)30(34)35)24(31)28-14-11-27(12-15-28)13-16-29-25(32)20-8-2-5-18-6-3-9-21(23(18)20)26(29)33/h2-10H,11-16H2,1H3. The number of imide groups is 1. The van der Waals surface area contributed by atoms with Gasteiger partial charge in [0.05, 0.1) is 4.92 Å². The van der Waals surface area contributed by atoms with Gasteiger partial charge in [-0.2, -0.15) is 0 Å². The zero-order valence-electron chi connectivity index (χ0n) is 19.3. The van der Waals surface area contributed by atoms with E-state index in [4.69, 9.17) is 0 Å². The lowest BCUT2D eigenvalue weighted by atomic mass is 9.94. The molecule has 9 heteroatoms. The van der Waals surface area contributed by atoms with Crippen LogP contribution in [0.4, 0.5) is 5.69 Å². The Kier molecular flexibility index (Phi) is 5.78. The minimum absolute atomic E-state index is 0.0670. The van der Waals surface area contributed by atoms with Crippen molar-refractivity contribution in [2.24, 2.45) is 0 Å². The van der Waals surface area contributed by atoms with Crippen molar-refractivity contribution >= 4 is 34.2 Å². The van der Waals surface area contributed by atoms with Crippen molar-refractivity contribution in [3.63, 3.8) is 0 Å². The van der Waals surface area contributed by atoms with Gasteiger partial charge in [0.25, 0.3) is 23.4 Å². The van der Waals surface area contributed by atoms with Crippen molar-refractivity contribution in [1.29, 1.82) is 0 Å². The molecule has 2 aliphatic heterocycles. The molecule has 1 fully saturated rings.